The molecular formula is C28H30N2O6S2. The van der Waals surface area contributed by atoms with Crippen LogP contribution in [-0.4, -0.2) is 75.0 Å². The van der Waals surface area contributed by atoms with Crippen LogP contribution in [0.2, 0.25) is 0 Å². The zero-order valence-electron chi connectivity index (χ0n) is 20.9. The van der Waals surface area contributed by atoms with E-state index in [2.05, 4.69) is 10.6 Å². The van der Waals surface area contributed by atoms with Crippen LogP contribution >= 0.6 is 23.5 Å². The van der Waals surface area contributed by atoms with Crippen LogP contribution in [0.5, 0.6) is 0 Å². The number of Topliss-reactive ketones (excluding diaryl/α,β-unsaturated/α-hetero) is 1. The molecule has 5 rings (SSSR count). The maximum Gasteiger partial charge on any atom is 0.305 e. The molecule has 3 fully saturated rings. The fourth-order valence-electron chi connectivity index (χ4n) is 5.96. The van der Waals surface area contributed by atoms with E-state index >= 15 is 0 Å². The molecule has 6 atom stereocenters. The Morgan fingerprint density at radius 3 is 2.26 bits per heavy atom. The van der Waals surface area contributed by atoms with Gasteiger partial charge in [-0.3, -0.25) is 19.2 Å². The first-order valence-corrected chi connectivity index (χ1v) is 14.7. The number of amides is 2. The largest absolute Gasteiger partial charge is 0.469 e. The number of rotatable bonds is 8. The summed E-state index contributed by atoms with van der Waals surface area (Å²) in [6.07, 6.45) is 1.28. The molecule has 2 saturated heterocycles. The van der Waals surface area contributed by atoms with Crippen molar-refractivity contribution in [2.45, 2.75) is 46.9 Å². The van der Waals surface area contributed by atoms with Crippen LogP contribution in [0.1, 0.15) is 40.0 Å². The van der Waals surface area contributed by atoms with Gasteiger partial charge in [0.15, 0.2) is 5.78 Å². The SMILES string of the molecule is COC(=O)CCC[C@H]1[C@H]2SC[C@H](NC(=O)c3ccccc3)[C@]2(O)[C@@]2(NC(=O)c3ccccc3)CS[C@H]1C2=O. The molecule has 38 heavy (non-hydrogen) atoms. The molecule has 2 heterocycles. The maximum atomic E-state index is 14.1. The lowest BCUT2D eigenvalue weighted by atomic mass is 9.61. The summed E-state index contributed by atoms with van der Waals surface area (Å²) in [7, 11) is 1.34. The highest BCUT2D eigenvalue weighted by Gasteiger charge is 2.75. The molecule has 3 N–H and O–H groups in total. The lowest BCUT2D eigenvalue weighted by Crippen LogP contribution is -2.80. The Balaban J connectivity index is 1.49. The van der Waals surface area contributed by atoms with Gasteiger partial charge in [-0.1, -0.05) is 36.4 Å². The Morgan fingerprint density at radius 2 is 1.63 bits per heavy atom. The molecule has 0 unspecified atom stereocenters. The third kappa shape index (κ3) is 4.42. The lowest BCUT2D eigenvalue weighted by molar-refractivity contribution is -0.145. The summed E-state index contributed by atoms with van der Waals surface area (Å²) in [5, 5.41) is 17.7. The van der Waals surface area contributed by atoms with E-state index in [-0.39, 0.29) is 35.8 Å². The van der Waals surface area contributed by atoms with Crippen molar-refractivity contribution in [2.24, 2.45) is 5.92 Å². The summed E-state index contributed by atoms with van der Waals surface area (Å²) in [4.78, 5) is 52.3. The van der Waals surface area contributed by atoms with Crippen molar-refractivity contribution < 1.29 is 29.0 Å². The topological polar surface area (TPSA) is 122 Å². The summed E-state index contributed by atoms with van der Waals surface area (Å²) in [5.41, 5.74) is -2.45. The number of aliphatic hydroxyl groups is 1. The number of thioether (sulfide) groups is 2. The van der Waals surface area contributed by atoms with Gasteiger partial charge in [-0.05, 0) is 43.0 Å². The molecule has 2 aromatic carbocycles. The monoisotopic (exact) mass is 554 g/mol. The quantitative estimate of drug-likeness (QED) is 0.426. The summed E-state index contributed by atoms with van der Waals surface area (Å²) >= 11 is 2.95. The second-order valence-corrected chi connectivity index (χ2v) is 12.2. The van der Waals surface area contributed by atoms with Crippen molar-refractivity contribution >= 4 is 47.1 Å². The fraction of sp³-hybridized carbons (Fsp3) is 0.429. The second-order valence-electron chi connectivity index (χ2n) is 9.92. The number of esters is 1. The zero-order chi connectivity index (χ0) is 26.9. The normalized spacial score (nSPS) is 31.4. The highest BCUT2D eigenvalue weighted by atomic mass is 32.2. The van der Waals surface area contributed by atoms with E-state index in [1.165, 1.54) is 30.6 Å². The van der Waals surface area contributed by atoms with Gasteiger partial charge in [-0.25, -0.2) is 0 Å². The minimum atomic E-state index is -1.72. The summed E-state index contributed by atoms with van der Waals surface area (Å²) < 4.78 is 4.77. The van der Waals surface area contributed by atoms with Gasteiger partial charge in [-0.15, -0.1) is 11.8 Å². The Hall–Kier alpha value is -2.82. The number of benzene rings is 2. The minimum Gasteiger partial charge on any atom is -0.469 e. The standard InChI is InChI=1S/C28H30N2O6S2/c1-36-21(31)14-8-13-19-22-23(32)27(16-38-22,30-26(34)18-11-6-3-7-12-18)28(35)20(15-37-24(19)28)29-25(33)17-9-4-2-5-10-17/h2-7,9-12,19-20,22,24,35H,8,13-16H2,1H3,(H,29,33)(H,30,34)/t19-,20+,22-,24-,27-,28-/m1/s1. The Kier molecular flexibility index (Phi) is 7.57. The first-order valence-electron chi connectivity index (χ1n) is 12.6. The highest BCUT2D eigenvalue weighted by molar-refractivity contribution is 8.02. The molecule has 200 valence electrons. The molecule has 0 spiro atoms. The van der Waals surface area contributed by atoms with Crippen LogP contribution in [0.25, 0.3) is 0 Å². The number of methoxy groups -OCH3 is 1. The van der Waals surface area contributed by atoms with Crippen molar-refractivity contribution in [3.05, 3.63) is 71.8 Å². The average Bonchev–Trinajstić information content (AvgIpc) is 3.42. The Labute approximate surface area is 229 Å². The van der Waals surface area contributed by atoms with E-state index in [0.29, 0.717) is 29.7 Å². The smallest absolute Gasteiger partial charge is 0.305 e. The van der Waals surface area contributed by atoms with Crippen LogP contribution in [-0.2, 0) is 14.3 Å². The van der Waals surface area contributed by atoms with Gasteiger partial charge < -0.3 is 20.5 Å². The number of ether oxygens (including phenoxy) is 1. The van der Waals surface area contributed by atoms with E-state index in [1.54, 1.807) is 54.6 Å². The second kappa shape index (κ2) is 10.7. The maximum absolute atomic E-state index is 14.1. The molecule has 2 aromatic rings. The van der Waals surface area contributed by atoms with Crippen LogP contribution < -0.4 is 10.6 Å². The molecule has 8 nitrogen and oxygen atoms in total. The first kappa shape index (κ1) is 26.8. The van der Waals surface area contributed by atoms with E-state index < -0.39 is 33.6 Å². The number of nitrogens with one attached hydrogen (secondary N) is 2. The molecule has 1 aliphatic carbocycles. The van der Waals surface area contributed by atoms with E-state index in [4.69, 9.17) is 4.74 Å². The zero-order valence-corrected chi connectivity index (χ0v) is 22.6. The van der Waals surface area contributed by atoms with Crippen molar-refractivity contribution in [1.29, 1.82) is 0 Å². The van der Waals surface area contributed by atoms with Crippen molar-refractivity contribution in [3.8, 4) is 0 Å². The molecule has 2 aliphatic heterocycles. The van der Waals surface area contributed by atoms with Crippen molar-refractivity contribution in [3.63, 3.8) is 0 Å². The van der Waals surface area contributed by atoms with E-state index in [0.717, 1.165) is 0 Å². The van der Waals surface area contributed by atoms with Gasteiger partial charge in [0.25, 0.3) is 11.8 Å². The molecule has 3 aliphatic rings. The summed E-state index contributed by atoms with van der Waals surface area (Å²) in [6.45, 7) is 0. The van der Waals surface area contributed by atoms with Crippen molar-refractivity contribution in [2.75, 3.05) is 18.6 Å². The lowest BCUT2D eigenvalue weighted by Gasteiger charge is -2.52. The minimum absolute atomic E-state index is 0.202. The molecule has 10 heteroatoms. The first-order chi connectivity index (χ1) is 18.3. The van der Waals surface area contributed by atoms with E-state index in [9.17, 15) is 24.3 Å². The van der Waals surface area contributed by atoms with Gasteiger partial charge in [0.1, 0.15) is 11.1 Å². The molecule has 0 aromatic heterocycles. The van der Waals surface area contributed by atoms with Crippen LogP contribution in [0, 0.1) is 5.92 Å². The number of fused-ring (bicyclic) bond motifs is 4. The predicted octanol–water partition coefficient (Wildman–Crippen LogP) is 2.46. The third-order valence-electron chi connectivity index (χ3n) is 7.88. The Morgan fingerprint density at radius 1 is 1.00 bits per heavy atom. The molecule has 0 radical (unpaired) electrons. The number of ketones is 1. The number of carbonyl (C=O) groups excluding carboxylic acids is 4. The van der Waals surface area contributed by atoms with Gasteiger partial charge >= 0.3 is 5.97 Å². The molecule has 2 amide bonds. The van der Waals surface area contributed by atoms with Crippen LogP contribution in [0.4, 0.5) is 0 Å². The van der Waals surface area contributed by atoms with Gasteiger partial charge in [-0.2, -0.15) is 11.8 Å². The van der Waals surface area contributed by atoms with Gasteiger partial charge in [0, 0.05) is 34.3 Å². The summed E-state index contributed by atoms with van der Waals surface area (Å²) in [6, 6.07) is 16.5. The molecule has 1 saturated carbocycles. The highest BCUT2D eigenvalue weighted by Crippen LogP contribution is 2.59. The third-order valence-corrected chi connectivity index (χ3v) is 11.0. The van der Waals surface area contributed by atoms with Crippen LogP contribution in [0.3, 0.4) is 0 Å². The average molecular weight is 555 g/mol. The Bertz CT molecular complexity index is 1230. The predicted molar refractivity (Wildman–Crippen MR) is 146 cm³/mol. The van der Waals surface area contributed by atoms with Crippen LogP contribution in [0.15, 0.2) is 60.7 Å². The molecular weight excluding hydrogens is 524 g/mol. The summed E-state index contributed by atoms with van der Waals surface area (Å²) in [5.74, 6) is -0.976. The fourth-order valence-corrected chi connectivity index (χ4v) is 9.72. The van der Waals surface area contributed by atoms with E-state index in [1.807, 2.05) is 6.07 Å². The number of hydrogen-bond acceptors (Lipinski definition) is 8. The molecule has 2 bridgehead atoms. The number of hydrogen-bond donors (Lipinski definition) is 3. The van der Waals surface area contributed by atoms with Gasteiger partial charge in [0.2, 0.25) is 0 Å². The van der Waals surface area contributed by atoms with Gasteiger partial charge in [0.05, 0.1) is 18.4 Å². The van der Waals surface area contributed by atoms with Crippen molar-refractivity contribution in [1.82, 2.24) is 10.6 Å². The number of carbonyl (C=O) groups is 4.